The van der Waals surface area contributed by atoms with E-state index < -0.39 is 17.7 Å². The third-order valence-corrected chi connectivity index (χ3v) is 6.94. The predicted octanol–water partition coefficient (Wildman–Crippen LogP) is 5.56. The van der Waals surface area contributed by atoms with E-state index in [1.54, 1.807) is 62.1 Å². The second-order valence-corrected chi connectivity index (χ2v) is 11.2. The molecule has 0 aromatic heterocycles. The van der Waals surface area contributed by atoms with Gasteiger partial charge < -0.3 is 15.0 Å². The van der Waals surface area contributed by atoms with Gasteiger partial charge in [0.2, 0.25) is 11.8 Å². The number of likely N-dealkylation sites (tertiary alicyclic amines) is 2. The van der Waals surface area contributed by atoms with Crippen LogP contribution in [-0.4, -0.2) is 64.3 Å². The molecule has 0 spiro atoms. The molecule has 10 nitrogen and oxygen atoms in total. The molecular formula is C30H37N5O5. The Hall–Kier alpha value is -4.08. The molecule has 0 radical (unpaired) electrons. The summed E-state index contributed by atoms with van der Waals surface area (Å²) < 4.78 is 5.44. The lowest BCUT2D eigenvalue weighted by Gasteiger charge is -2.28. The van der Waals surface area contributed by atoms with Crippen molar-refractivity contribution in [2.24, 2.45) is 10.2 Å². The summed E-state index contributed by atoms with van der Waals surface area (Å²) in [5.74, 6) is -0.251. The van der Waals surface area contributed by atoms with Gasteiger partial charge in [0.15, 0.2) is 5.78 Å². The molecule has 3 amide bonds. The average molecular weight is 548 g/mol. The number of ether oxygens (including phenoxy) is 1. The Labute approximate surface area is 234 Å². The van der Waals surface area contributed by atoms with E-state index >= 15 is 0 Å². The molecule has 212 valence electrons. The van der Waals surface area contributed by atoms with Crippen LogP contribution in [0.3, 0.4) is 0 Å². The highest BCUT2D eigenvalue weighted by atomic mass is 16.6. The number of rotatable bonds is 7. The molecule has 0 aliphatic carbocycles. The first-order chi connectivity index (χ1) is 19.0. The number of carbonyl (C=O) groups is 4. The van der Waals surface area contributed by atoms with Gasteiger partial charge in [-0.2, -0.15) is 10.2 Å². The molecule has 40 heavy (non-hydrogen) atoms. The van der Waals surface area contributed by atoms with E-state index in [1.807, 2.05) is 12.1 Å². The number of ketones is 1. The normalized spacial score (nSPS) is 19.2. The van der Waals surface area contributed by atoms with Crippen LogP contribution in [0.2, 0.25) is 0 Å². The number of carbonyl (C=O) groups excluding carboxylic acids is 4. The Morgan fingerprint density at radius 2 is 1.40 bits per heavy atom. The van der Waals surface area contributed by atoms with Crippen molar-refractivity contribution in [1.29, 1.82) is 0 Å². The zero-order valence-corrected chi connectivity index (χ0v) is 23.6. The van der Waals surface area contributed by atoms with Gasteiger partial charge in [-0.1, -0.05) is 12.1 Å². The highest BCUT2D eigenvalue weighted by molar-refractivity contribution is 5.97. The van der Waals surface area contributed by atoms with Crippen LogP contribution in [0.4, 0.5) is 21.9 Å². The molecule has 2 saturated heterocycles. The van der Waals surface area contributed by atoms with Crippen molar-refractivity contribution in [3.8, 4) is 0 Å². The molecule has 2 aliphatic heterocycles. The lowest BCUT2D eigenvalue weighted by Crippen LogP contribution is -2.45. The van der Waals surface area contributed by atoms with Gasteiger partial charge in [0.25, 0.3) is 0 Å². The maximum atomic E-state index is 12.9. The number of amides is 3. The molecule has 10 heteroatoms. The average Bonchev–Trinajstić information content (AvgIpc) is 3.59. The Kier molecular flexibility index (Phi) is 8.96. The van der Waals surface area contributed by atoms with Crippen LogP contribution in [0, 0.1) is 0 Å². The van der Waals surface area contributed by atoms with Crippen LogP contribution in [-0.2, 0) is 25.5 Å². The van der Waals surface area contributed by atoms with Crippen molar-refractivity contribution in [2.75, 3.05) is 18.4 Å². The molecule has 2 aromatic rings. The minimum Gasteiger partial charge on any atom is -0.444 e. The lowest BCUT2D eigenvalue weighted by molar-refractivity contribution is -0.135. The quantitative estimate of drug-likeness (QED) is 0.455. The van der Waals surface area contributed by atoms with Crippen LogP contribution in [0.25, 0.3) is 0 Å². The van der Waals surface area contributed by atoms with E-state index in [2.05, 4.69) is 15.5 Å². The van der Waals surface area contributed by atoms with Crippen molar-refractivity contribution in [3.63, 3.8) is 0 Å². The van der Waals surface area contributed by atoms with Gasteiger partial charge in [0.1, 0.15) is 11.6 Å². The molecule has 4 rings (SSSR count). The maximum Gasteiger partial charge on any atom is 0.410 e. The van der Waals surface area contributed by atoms with Crippen LogP contribution < -0.4 is 5.32 Å². The fourth-order valence-corrected chi connectivity index (χ4v) is 5.01. The molecule has 2 fully saturated rings. The summed E-state index contributed by atoms with van der Waals surface area (Å²) >= 11 is 0. The molecule has 0 bridgehead atoms. The van der Waals surface area contributed by atoms with Crippen molar-refractivity contribution in [2.45, 2.75) is 77.5 Å². The molecule has 2 heterocycles. The molecular weight excluding hydrogens is 510 g/mol. The van der Waals surface area contributed by atoms with Crippen molar-refractivity contribution in [3.05, 3.63) is 54.1 Å². The first-order valence-electron chi connectivity index (χ1n) is 13.7. The summed E-state index contributed by atoms with van der Waals surface area (Å²) in [4.78, 5) is 53.0. The summed E-state index contributed by atoms with van der Waals surface area (Å²) in [5.41, 5.74) is 2.09. The van der Waals surface area contributed by atoms with Crippen LogP contribution in [0.5, 0.6) is 0 Å². The van der Waals surface area contributed by atoms with Gasteiger partial charge in [-0.15, -0.1) is 0 Å². The van der Waals surface area contributed by atoms with Crippen molar-refractivity contribution in [1.82, 2.24) is 9.80 Å². The maximum absolute atomic E-state index is 12.9. The second-order valence-electron chi connectivity index (χ2n) is 11.2. The summed E-state index contributed by atoms with van der Waals surface area (Å²) in [6, 6.07) is 13.4. The van der Waals surface area contributed by atoms with Gasteiger partial charge >= 0.3 is 6.09 Å². The number of benzene rings is 2. The van der Waals surface area contributed by atoms with Gasteiger partial charge in [0.05, 0.1) is 17.4 Å². The number of nitrogens with zero attached hydrogens (tertiary/aromatic N) is 4. The van der Waals surface area contributed by atoms with E-state index in [9.17, 15) is 19.2 Å². The van der Waals surface area contributed by atoms with Crippen LogP contribution >= 0.6 is 0 Å². The monoisotopic (exact) mass is 547 g/mol. The van der Waals surface area contributed by atoms with Gasteiger partial charge in [0, 0.05) is 32.1 Å². The Morgan fingerprint density at radius 1 is 0.850 bits per heavy atom. The first-order valence-corrected chi connectivity index (χ1v) is 13.7. The second kappa shape index (κ2) is 12.4. The topological polar surface area (TPSA) is 121 Å². The fourth-order valence-electron chi connectivity index (χ4n) is 5.01. The summed E-state index contributed by atoms with van der Waals surface area (Å²) in [5, 5.41) is 11.4. The Morgan fingerprint density at radius 3 is 1.98 bits per heavy atom. The van der Waals surface area contributed by atoms with E-state index in [0.29, 0.717) is 36.6 Å². The Balaban J connectivity index is 1.29. The molecule has 0 unspecified atom stereocenters. The molecule has 1 N–H and O–H groups in total. The highest BCUT2D eigenvalue weighted by Gasteiger charge is 2.36. The van der Waals surface area contributed by atoms with E-state index in [4.69, 9.17) is 4.74 Å². The largest absolute Gasteiger partial charge is 0.444 e. The predicted molar refractivity (Wildman–Crippen MR) is 151 cm³/mol. The minimum absolute atomic E-state index is 0.0549. The Bertz CT molecular complexity index is 1270. The summed E-state index contributed by atoms with van der Waals surface area (Å²) in [7, 11) is 0. The summed E-state index contributed by atoms with van der Waals surface area (Å²) in [6.45, 7) is 8.04. The molecule has 2 aromatic carbocycles. The van der Waals surface area contributed by atoms with Crippen LogP contribution in [0.1, 0.15) is 58.9 Å². The third kappa shape index (κ3) is 7.52. The fraction of sp³-hybridized carbons (Fsp3) is 0.467. The third-order valence-electron chi connectivity index (χ3n) is 6.94. The zero-order chi connectivity index (χ0) is 28.9. The van der Waals surface area contributed by atoms with Gasteiger partial charge in [-0.25, -0.2) is 4.79 Å². The van der Waals surface area contributed by atoms with E-state index in [0.717, 1.165) is 24.8 Å². The lowest BCUT2D eigenvalue weighted by atomic mass is 10.0. The van der Waals surface area contributed by atoms with Crippen LogP contribution in [0.15, 0.2) is 58.8 Å². The number of Topliss-reactive ketones (excluding diaryl/α,β-unsaturated/α-hetero) is 1. The van der Waals surface area contributed by atoms with Gasteiger partial charge in [-0.05, 0) is 88.4 Å². The first kappa shape index (κ1) is 28.9. The zero-order valence-electron chi connectivity index (χ0n) is 23.6. The molecule has 2 atom stereocenters. The smallest absolute Gasteiger partial charge is 0.410 e. The van der Waals surface area contributed by atoms with Crippen molar-refractivity contribution < 1.29 is 23.9 Å². The van der Waals surface area contributed by atoms with Gasteiger partial charge in [-0.3, -0.25) is 19.3 Å². The standard InChI is InChI=1S/C30H37N5O5/c1-20(36)34-17-5-7-25(34)27(37)19-21-9-11-23(12-10-21)32-33-24-15-13-22(14-16-24)31-28(38)26-8-6-18-35(26)29(39)40-30(2,3)4/h9-16,25-26H,5-8,17-19H2,1-4H3,(H,31,38)/t25-,26-/m0/s1. The van der Waals surface area contributed by atoms with Crippen molar-refractivity contribution >= 4 is 40.8 Å². The minimum atomic E-state index is -0.624. The number of hydrogen-bond donors (Lipinski definition) is 1. The number of azo groups is 1. The highest BCUT2D eigenvalue weighted by Crippen LogP contribution is 2.25. The number of hydrogen-bond acceptors (Lipinski definition) is 7. The van der Waals surface area contributed by atoms with E-state index in [1.165, 1.54) is 11.8 Å². The SMILES string of the molecule is CC(=O)N1CCC[C@H]1C(=O)Cc1ccc(N=Nc2ccc(NC(=O)[C@@H]3CCCN3C(=O)OC(C)(C)C)cc2)cc1. The number of nitrogens with one attached hydrogen (secondary N) is 1. The summed E-state index contributed by atoms with van der Waals surface area (Å²) in [6.07, 6.45) is 2.70. The molecule has 0 saturated carbocycles. The molecule has 2 aliphatic rings. The van der Waals surface area contributed by atoms with E-state index in [-0.39, 0.29) is 30.1 Å². The number of anilines is 1.